The lowest BCUT2D eigenvalue weighted by Crippen LogP contribution is -2.21. The summed E-state index contributed by atoms with van der Waals surface area (Å²) in [6.07, 6.45) is 4.12. The molecule has 5 nitrogen and oxygen atoms in total. The van der Waals surface area contributed by atoms with Crippen molar-refractivity contribution in [3.8, 4) is 11.9 Å². The van der Waals surface area contributed by atoms with Crippen molar-refractivity contribution in [2.24, 2.45) is 7.05 Å². The molecular formula is C14H16N4OS. The smallest absolute Gasteiger partial charge is 0.216 e. The van der Waals surface area contributed by atoms with Crippen molar-refractivity contribution in [1.29, 1.82) is 5.26 Å². The van der Waals surface area contributed by atoms with Crippen molar-refractivity contribution in [1.82, 2.24) is 14.8 Å². The molecular weight excluding hydrogens is 272 g/mol. The maximum Gasteiger partial charge on any atom is 0.216 e. The van der Waals surface area contributed by atoms with Gasteiger partial charge in [0.25, 0.3) is 0 Å². The van der Waals surface area contributed by atoms with Crippen LogP contribution in [0.1, 0.15) is 41.9 Å². The van der Waals surface area contributed by atoms with E-state index in [4.69, 9.17) is 4.74 Å². The number of hydrogen-bond donors (Lipinski definition) is 0. The van der Waals surface area contributed by atoms with Crippen LogP contribution in [-0.2, 0) is 12.5 Å². The van der Waals surface area contributed by atoms with Crippen molar-refractivity contribution in [3.05, 3.63) is 27.8 Å². The number of nitriles is 1. The van der Waals surface area contributed by atoms with Gasteiger partial charge in [-0.2, -0.15) is 10.4 Å². The summed E-state index contributed by atoms with van der Waals surface area (Å²) in [6, 6.07) is 2.39. The summed E-state index contributed by atoms with van der Waals surface area (Å²) >= 11 is 1.55. The first kappa shape index (κ1) is 13.1. The maximum atomic E-state index is 9.71. The molecule has 0 N–H and O–H groups in total. The summed E-state index contributed by atoms with van der Waals surface area (Å²) < 4.78 is 7.02. The van der Waals surface area contributed by atoms with Crippen LogP contribution in [0.4, 0.5) is 0 Å². The molecule has 1 fully saturated rings. The summed E-state index contributed by atoms with van der Waals surface area (Å²) in [5, 5.41) is 16.8. The SMILES string of the molecule is COc1c(C(C)(C#N)c2nc(C3CC3)cs2)cnn1C. The highest BCUT2D eigenvalue weighted by Crippen LogP contribution is 2.43. The van der Waals surface area contributed by atoms with Gasteiger partial charge in [0, 0.05) is 18.3 Å². The zero-order valence-corrected chi connectivity index (χ0v) is 12.6. The molecule has 1 aliphatic carbocycles. The minimum absolute atomic E-state index is 0.596. The van der Waals surface area contributed by atoms with E-state index in [-0.39, 0.29) is 0 Å². The lowest BCUT2D eigenvalue weighted by molar-refractivity contribution is 0.365. The fourth-order valence-corrected chi connectivity index (χ4v) is 3.34. The second-order valence-corrected chi connectivity index (χ2v) is 6.14. The average molecular weight is 288 g/mol. The zero-order valence-electron chi connectivity index (χ0n) is 11.8. The van der Waals surface area contributed by atoms with Gasteiger partial charge in [-0.1, -0.05) is 0 Å². The van der Waals surface area contributed by atoms with Gasteiger partial charge in [-0.3, -0.25) is 0 Å². The standard InChI is InChI=1S/C14H16N4OS/c1-14(8-15,10-6-16-18(2)12(10)19-3)13-17-11(7-20-13)9-4-5-9/h6-7,9H,4-5H2,1-3H3. The van der Waals surface area contributed by atoms with E-state index >= 15 is 0 Å². The van der Waals surface area contributed by atoms with Crippen molar-refractivity contribution in [2.45, 2.75) is 31.1 Å². The quantitative estimate of drug-likeness (QED) is 0.867. The highest BCUT2D eigenvalue weighted by Gasteiger charge is 2.38. The van der Waals surface area contributed by atoms with Gasteiger partial charge in [0.05, 0.1) is 30.6 Å². The van der Waals surface area contributed by atoms with Crippen LogP contribution in [0.5, 0.6) is 5.88 Å². The molecule has 0 radical (unpaired) electrons. The van der Waals surface area contributed by atoms with E-state index in [0.717, 1.165) is 16.3 Å². The van der Waals surface area contributed by atoms with Crippen LogP contribution in [0.25, 0.3) is 0 Å². The summed E-state index contributed by atoms with van der Waals surface area (Å²) in [6.45, 7) is 1.88. The van der Waals surface area contributed by atoms with Crippen molar-refractivity contribution in [2.75, 3.05) is 7.11 Å². The van der Waals surface area contributed by atoms with Crippen LogP contribution in [0.3, 0.4) is 0 Å². The predicted octanol–water partition coefficient (Wildman–Crippen LogP) is 2.59. The first-order chi connectivity index (χ1) is 9.60. The van der Waals surface area contributed by atoms with Gasteiger partial charge >= 0.3 is 0 Å². The van der Waals surface area contributed by atoms with E-state index in [1.54, 1.807) is 36.4 Å². The molecule has 0 aromatic carbocycles. The number of aromatic nitrogens is 3. The predicted molar refractivity (Wildman–Crippen MR) is 75.9 cm³/mol. The Hall–Kier alpha value is -1.87. The zero-order chi connectivity index (χ0) is 14.3. The molecule has 2 aromatic heterocycles. The van der Waals surface area contributed by atoms with Crippen LogP contribution in [0, 0.1) is 11.3 Å². The van der Waals surface area contributed by atoms with Crippen molar-refractivity contribution < 1.29 is 4.74 Å². The molecule has 1 atom stereocenters. The first-order valence-corrected chi connectivity index (χ1v) is 7.41. The van der Waals surface area contributed by atoms with Crippen LogP contribution >= 0.6 is 11.3 Å². The molecule has 0 amide bonds. The average Bonchev–Trinajstić information content (AvgIpc) is 3.06. The Bertz CT molecular complexity index is 680. The molecule has 2 aromatic rings. The molecule has 20 heavy (non-hydrogen) atoms. The Morgan fingerprint density at radius 3 is 2.90 bits per heavy atom. The highest BCUT2D eigenvalue weighted by atomic mass is 32.1. The number of methoxy groups -OCH3 is 1. The summed E-state index contributed by atoms with van der Waals surface area (Å²) in [5.41, 5.74) is 1.06. The number of thiazole rings is 1. The largest absolute Gasteiger partial charge is 0.481 e. The fourth-order valence-electron chi connectivity index (χ4n) is 2.32. The van der Waals surface area contributed by atoms with Crippen LogP contribution in [0.2, 0.25) is 0 Å². The second kappa shape index (κ2) is 4.60. The van der Waals surface area contributed by atoms with Gasteiger partial charge in [0.2, 0.25) is 5.88 Å². The van der Waals surface area contributed by atoms with Gasteiger partial charge < -0.3 is 4.74 Å². The van der Waals surface area contributed by atoms with Gasteiger partial charge in [0.15, 0.2) is 0 Å². The molecule has 0 saturated heterocycles. The van der Waals surface area contributed by atoms with Crippen molar-refractivity contribution >= 4 is 11.3 Å². The third-order valence-corrected chi connectivity index (χ3v) is 4.87. The molecule has 0 bridgehead atoms. The number of nitrogens with zero attached hydrogens (tertiary/aromatic N) is 4. The molecule has 1 aliphatic rings. The number of aryl methyl sites for hydroxylation is 1. The topological polar surface area (TPSA) is 63.7 Å². The Morgan fingerprint density at radius 1 is 1.55 bits per heavy atom. The Labute approximate surface area is 121 Å². The lowest BCUT2D eigenvalue weighted by atomic mass is 9.86. The fraction of sp³-hybridized carbons (Fsp3) is 0.500. The van der Waals surface area contributed by atoms with E-state index in [1.165, 1.54) is 12.8 Å². The van der Waals surface area contributed by atoms with E-state index < -0.39 is 5.41 Å². The molecule has 2 heterocycles. The summed E-state index contributed by atoms with van der Waals surface area (Å²) in [5.74, 6) is 1.20. The van der Waals surface area contributed by atoms with Gasteiger partial charge in [-0.25, -0.2) is 9.67 Å². The van der Waals surface area contributed by atoms with Crippen LogP contribution < -0.4 is 4.74 Å². The first-order valence-electron chi connectivity index (χ1n) is 6.53. The molecule has 3 rings (SSSR count). The summed E-state index contributed by atoms with van der Waals surface area (Å²) in [4.78, 5) is 4.68. The number of hydrogen-bond acceptors (Lipinski definition) is 5. The molecule has 6 heteroatoms. The summed E-state index contributed by atoms with van der Waals surface area (Å²) in [7, 11) is 3.40. The van der Waals surface area contributed by atoms with E-state index in [9.17, 15) is 5.26 Å². The van der Waals surface area contributed by atoms with E-state index in [0.29, 0.717) is 11.8 Å². The number of rotatable bonds is 4. The molecule has 0 aliphatic heterocycles. The minimum atomic E-state index is -0.822. The molecule has 1 saturated carbocycles. The van der Waals surface area contributed by atoms with E-state index in [1.807, 2.05) is 6.92 Å². The number of ether oxygens (including phenoxy) is 1. The highest BCUT2D eigenvalue weighted by molar-refractivity contribution is 7.09. The maximum absolute atomic E-state index is 9.71. The van der Waals surface area contributed by atoms with Gasteiger partial charge in [-0.05, 0) is 19.8 Å². The monoisotopic (exact) mass is 288 g/mol. The normalized spacial score (nSPS) is 17.5. The Balaban J connectivity index is 2.07. The van der Waals surface area contributed by atoms with Crippen molar-refractivity contribution in [3.63, 3.8) is 0 Å². The Kier molecular flexibility index (Phi) is 3.02. The van der Waals surface area contributed by atoms with Gasteiger partial charge in [0.1, 0.15) is 10.4 Å². The third-order valence-electron chi connectivity index (χ3n) is 3.79. The Morgan fingerprint density at radius 2 is 2.30 bits per heavy atom. The molecule has 104 valence electrons. The lowest BCUT2D eigenvalue weighted by Gasteiger charge is -2.18. The third kappa shape index (κ3) is 1.90. The second-order valence-electron chi connectivity index (χ2n) is 5.28. The van der Waals surface area contributed by atoms with Crippen LogP contribution in [-0.4, -0.2) is 21.9 Å². The minimum Gasteiger partial charge on any atom is -0.481 e. The molecule has 1 unspecified atom stereocenters. The van der Waals surface area contributed by atoms with Gasteiger partial charge in [-0.15, -0.1) is 11.3 Å². The van der Waals surface area contributed by atoms with Crippen LogP contribution in [0.15, 0.2) is 11.6 Å². The van der Waals surface area contributed by atoms with E-state index in [2.05, 4.69) is 21.5 Å². The molecule has 0 spiro atoms.